The molecule has 3 aromatic rings. The van der Waals surface area contributed by atoms with Gasteiger partial charge in [-0.25, -0.2) is 0 Å². The number of likely N-dealkylation sites (tertiary alicyclic amines) is 1. The molecule has 26 heavy (non-hydrogen) atoms. The summed E-state index contributed by atoms with van der Waals surface area (Å²) in [5.41, 5.74) is 1.94. The Morgan fingerprint density at radius 1 is 1.12 bits per heavy atom. The lowest BCUT2D eigenvalue weighted by Gasteiger charge is -2.29. The number of hydrogen-bond acceptors (Lipinski definition) is 4. The molecular weight excluding hydrogens is 326 g/mol. The minimum absolute atomic E-state index is 0.132. The molecule has 0 saturated carbocycles. The van der Waals surface area contributed by atoms with Crippen LogP contribution in [0.25, 0.3) is 16.5 Å². The number of β-amino-alcohol motifs (C(OH)–C–C–N with tert-alkyl or cyclic N) is 1. The van der Waals surface area contributed by atoms with Crippen molar-refractivity contribution in [1.82, 2.24) is 14.7 Å². The molecule has 1 aromatic heterocycles. The highest BCUT2D eigenvalue weighted by Crippen LogP contribution is 2.20. The van der Waals surface area contributed by atoms with E-state index in [4.69, 9.17) is 0 Å². The maximum atomic E-state index is 11.9. The summed E-state index contributed by atoms with van der Waals surface area (Å²) < 4.78 is 1.41. The average Bonchev–Trinajstić information content (AvgIpc) is 2.66. The molecule has 4 rings (SSSR count). The summed E-state index contributed by atoms with van der Waals surface area (Å²) in [6.07, 6.45) is 4.42. The number of benzene rings is 2. The summed E-state index contributed by atoms with van der Waals surface area (Å²) in [5.74, 6) is 0. The van der Waals surface area contributed by atoms with Gasteiger partial charge >= 0.3 is 0 Å². The van der Waals surface area contributed by atoms with E-state index >= 15 is 0 Å². The predicted octanol–water partition coefficient (Wildman–Crippen LogP) is 2.38. The standard InChI is InChI=1S/C21H23N3O2/c25-20-3-2-11-23(15-20)12-9-16-5-6-18-14-19(8-7-17(18)13-16)24-21(26)4-1-10-22-24/h1,4-8,10,13-14,20,25H,2-3,9,11-12,15H2. The van der Waals surface area contributed by atoms with Gasteiger partial charge in [0.15, 0.2) is 0 Å². The fraction of sp³-hybridized carbons (Fsp3) is 0.333. The molecule has 1 fully saturated rings. The first-order valence-corrected chi connectivity index (χ1v) is 9.17. The smallest absolute Gasteiger partial charge is 0.271 e. The normalized spacial score (nSPS) is 18.3. The summed E-state index contributed by atoms with van der Waals surface area (Å²) in [4.78, 5) is 14.3. The summed E-state index contributed by atoms with van der Waals surface area (Å²) in [6.45, 7) is 2.84. The second kappa shape index (κ2) is 7.40. The molecule has 0 bridgehead atoms. The van der Waals surface area contributed by atoms with Crippen molar-refractivity contribution in [2.75, 3.05) is 19.6 Å². The van der Waals surface area contributed by atoms with E-state index in [9.17, 15) is 9.90 Å². The first-order chi connectivity index (χ1) is 12.7. The molecular formula is C21H23N3O2. The average molecular weight is 349 g/mol. The van der Waals surface area contributed by atoms with Gasteiger partial charge in [0.1, 0.15) is 0 Å². The fourth-order valence-electron chi connectivity index (χ4n) is 3.64. The number of piperidine rings is 1. The maximum Gasteiger partial charge on any atom is 0.271 e. The van der Waals surface area contributed by atoms with Gasteiger partial charge in [-0.05, 0) is 60.3 Å². The van der Waals surface area contributed by atoms with Crippen LogP contribution in [0.2, 0.25) is 0 Å². The molecule has 5 nitrogen and oxygen atoms in total. The fourth-order valence-corrected chi connectivity index (χ4v) is 3.64. The summed E-state index contributed by atoms with van der Waals surface area (Å²) in [7, 11) is 0. The molecule has 0 amide bonds. The van der Waals surface area contributed by atoms with Gasteiger partial charge in [0, 0.05) is 25.4 Å². The minimum Gasteiger partial charge on any atom is -0.392 e. The highest BCUT2D eigenvalue weighted by Gasteiger charge is 2.17. The highest BCUT2D eigenvalue weighted by atomic mass is 16.3. The number of nitrogens with zero attached hydrogens (tertiary/aromatic N) is 3. The monoisotopic (exact) mass is 349 g/mol. The third-order valence-corrected chi connectivity index (χ3v) is 5.05. The SMILES string of the molecule is O=c1cccnn1-c1ccc2cc(CCN3CCCC(O)C3)ccc2c1. The molecule has 1 saturated heterocycles. The van der Waals surface area contributed by atoms with Crippen molar-refractivity contribution >= 4 is 10.8 Å². The highest BCUT2D eigenvalue weighted by molar-refractivity contribution is 5.85. The Morgan fingerprint density at radius 2 is 1.96 bits per heavy atom. The zero-order chi connectivity index (χ0) is 17.9. The molecule has 0 aliphatic carbocycles. The van der Waals surface area contributed by atoms with Crippen molar-refractivity contribution in [1.29, 1.82) is 0 Å². The first kappa shape index (κ1) is 16.9. The van der Waals surface area contributed by atoms with Crippen LogP contribution in [-0.4, -0.2) is 45.5 Å². The Bertz CT molecular complexity index is 967. The molecule has 5 heteroatoms. The van der Waals surface area contributed by atoms with Crippen LogP contribution in [0.15, 0.2) is 59.5 Å². The van der Waals surface area contributed by atoms with Gasteiger partial charge in [0.25, 0.3) is 5.56 Å². The van der Waals surface area contributed by atoms with Crippen LogP contribution in [0.1, 0.15) is 18.4 Å². The van der Waals surface area contributed by atoms with Gasteiger partial charge in [-0.3, -0.25) is 4.79 Å². The Labute approximate surface area is 152 Å². The molecule has 0 radical (unpaired) electrons. The van der Waals surface area contributed by atoms with E-state index in [0.717, 1.165) is 55.4 Å². The van der Waals surface area contributed by atoms with Crippen molar-refractivity contribution in [3.63, 3.8) is 0 Å². The minimum atomic E-state index is -0.172. The van der Waals surface area contributed by atoms with Gasteiger partial charge in [-0.1, -0.05) is 24.3 Å². The number of aromatic nitrogens is 2. The van der Waals surface area contributed by atoms with Crippen LogP contribution in [-0.2, 0) is 6.42 Å². The van der Waals surface area contributed by atoms with Crippen LogP contribution in [0.3, 0.4) is 0 Å². The second-order valence-electron chi connectivity index (χ2n) is 6.99. The van der Waals surface area contributed by atoms with Gasteiger partial charge < -0.3 is 10.0 Å². The van der Waals surface area contributed by atoms with E-state index in [2.05, 4.69) is 28.2 Å². The Hall–Kier alpha value is -2.50. The Morgan fingerprint density at radius 3 is 2.81 bits per heavy atom. The molecule has 134 valence electrons. The summed E-state index contributed by atoms with van der Waals surface area (Å²) in [5, 5.41) is 16.2. The van der Waals surface area contributed by atoms with Crippen LogP contribution in [0.4, 0.5) is 0 Å². The van der Waals surface area contributed by atoms with E-state index in [1.807, 2.05) is 18.2 Å². The lowest BCUT2D eigenvalue weighted by atomic mass is 10.0. The second-order valence-corrected chi connectivity index (χ2v) is 6.99. The lowest BCUT2D eigenvalue weighted by Crippen LogP contribution is -2.39. The maximum absolute atomic E-state index is 11.9. The van der Waals surface area contributed by atoms with Crippen LogP contribution < -0.4 is 5.56 Å². The van der Waals surface area contributed by atoms with Gasteiger partial charge in [0.05, 0.1) is 11.8 Å². The molecule has 2 aromatic carbocycles. The molecule has 1 aliphatic rings. The van der Waals surface area contributed by atoms with Crippen molar-refractivity contribution < 1.29 is 5.11 Å². The first-order valence-electron chi connectivity index (χ1n) is 9.17. The van der Waals surface area contributed by atoms with Gasteiger partial charge in [-0.15, -0.1) is 0 Å². The van der Waals surface area contributed by atoms with E-state index in [1.54, 1.807) is 12.3 Å². The molecule has 0 spiro atoms. The van der Waals surface area contributed by atoms with Crippen molar-refractivity contribution in [2.24, 2.45) is 0 Å². The van der Waals surface area contributed by atoms with Crippen LogP contribution in [0.5, 0.6) is 0 Å². The third-order valence-electron chi connectivity index (χ3n) is 5.05. The lowest BCUT2D eigenvalue weighted by molar-refractivity contribution is 0.0714. The third kappa shape index (κ3) is 3.69. The molecule has 1 N–H and O–H groups in total. The van der Waals surface area contributed by atoms with Crippen molar-refractivity contribution in [2.45, 2.75) is 25.4 Å². The predicted molar refractivity (Wildman–Crippen MR) is 103 cm³/mol. The Balaban J connectivity index is 1.52. The molecule has 1 atom stereocenters. The Kier molecular flexibility index (Phi) is 4.82. The van der Waals surface area contributed by atoms with Crippen molar-refractivity contribution in [3.05, 3.63) is 70.6 Å². The quantitative estimate of drug-likeness (QED) is 0.786. The van der Waals surface area contributed by atoms with Gasteiger partial charge in [0.2, 0.25) is 0 Å². The molecule has 2 heterocycles. The van der Waals surface area contributed by atoms with Crippen LogP contribution in [0, 0.1) is 0 Å². The van der Waals surface area contributed by atoms with E-state index in [-0.39, 0.29) is 11.7 Å². The topological polar surface area (TPSA) is 58.4 Å². The number of fused-ring (bicyclic) bond motifs is 1. The van der Waals surface area contributed by atoms with E-state index < -0.39 is 0 Å². The zero-order valence-corrected chi connectivity index (χ0v) is 14.7. The number of aliphatic hydroxyl groups is 1. The van der Waals surface area contributed by atoms with Crippen LogP contribution >= 0.6 is 0 Å². The van der Waals surface area contributed by atoms with E-state index in [1.165, 1.54) is 16.3 Å². The van der Waals surface area contributed by atoms with E-state index in [0.29, 0.717) is 0 Å². The van der Waals surface area contributed by atoms with Gasteiger partial charge in [-0.2, -0.15) is 9.78 Å². The molecule has 1 aliphatic heterocycles. The summed E-state index contributed by atoms with van der Waals surface area (Å²) >= 11 is 0. The largest absolute Gasteiger partial charge is 0.392 e. The zero-order valence-electron chi connectivity index (χ0n) is 14.7. The number of hydrogen-bond donors (Lipinski definition) is 1. The number of rotatable bonds is 4. The molecule has 1 unspecified atom stereocenters. The summed E-state index contributed by atoms with van der Waals surface area (Å²) in [6, 6.07) is 15.6. The number of aliphatic hydroxyl groups excluding tert-OH is 1. The van der Waals surface area contributed by atoms with Crippen molar-refractivity contribution in [3.8, 4) is 5.69 Å².